The van der Waals surface area contributed by atoms with Crippen LogP contribution >= 0.6 is 0 Å². The van der Waals surface area contributed by atoms with E-state index in [1.165, 1.54) is 12.1 Å². The third-order valence-corrected chi connectivity index (χ3v) is 4.46. The van der Waals surface area contributed by atoms with Crippen LogP contribution in [-0.2, 0) is 20.2 Å². The van der Waals surface area contributed by atoms with Crippen molar-refractivity contribution in [3.05, 3.63) is 36.4 Å². The molecule has 0 saturated heterocycles. The predicted octanol–water partition coefficient (Wildman–Crippen LogP) is 1.46. The largest absolute Gasteiger partial charge is 0.454 e. The zero-order valence-corrected chi connectivity index (χ0v) is 14.4. The molecule has 25 heavy (non-hydrogen) atoms. The number of rotatable bonds is 4. The Morgan fingerprint density at radius 2 is 1.04 bits per heavy atom. The number of nitrogen functional groups attached to an aromatic ring is 2. The maximum Gasteiger partial charge on any atom is 0.298 e. The molecular weight excluding hydrogens is 376 g/mol. The maximum atomic E-state index is 11.4. The number of ether oxygens (including phenoxy) is 1. The normalized spacial score (nSPS) is 11.1. The highest BCUT2D eigenvalue weighted by molar-refractivity contribution is 7.86. The molecule has 13 heteroatoms. The minimum atomic E-state index is -4.67. The van der Waals surface area contributed by atoms with E-state index < -0.39 is 30.0 Å². The van der Waals surface area contributed by atoms with Crippen molar-refractivity contribution in [3.8, 4) is 11.5 Å². The van der Waals surface area contributed by atoms with Gasteiger partial charge in [0, 0.05) is 11.4 Å². The second-order valence-electron chi connectivity index (χ2n) is 4.46. The average molecular weight is 394 g/mol. The second-order valence-corrected chi connectivity index (χ2v) is 7.24. The summed E-state index contributed by atoms with van der Waals surface area (Å²) in [5, 5.41) is 0. The van der Waals surface area contributed by atoms with Crippen LogP contribution < -0.4 is 28.5 Å². The number of hydrogen-bond acceptors (Lipinski definition) is 9. The standard InChI is InChI=1S/C12H12N2O7S2.2H3N/c13-7-1-3-9(11(5-7)22(15,16)17)21-10-4-2-8(14)6-12(10)23(18,19)20;;/h1-6H,13-14H2,(H,15,16,17)(H,18,19,20);2*1H3. The summed E-state index contributed by atoms with van der Waals surface area (Å²) in [5.41, 5.74) is 11.0. The molecule has 0 amide bonds. The first-order valence-corrected chi connectivity index (χ1v) is 8.78. The topological polar surface area (TPSA) is 240 Å². The van der Waals surface area contributed by atoms with E-state index in [0.29, 0.717) is 0 Å². The Morgan fingerprint density at radius 1 is 0.720 bits per heavy atom. The van der Waals surface area contributed by atoms with Gasteiger partial charge in [-0.15, -0.1) is 0 Å². The molecule has 0 aromatic heterocycles. The van der Waals surface area contributed by atoms with E-state index in [4.69, 9.17) is 16.2 Å². The smallest absolute Gasteiger partial charge is 0.298 e. The van der Waals surface area contributed by atoms with E-state index in [1.54, 1.807) is 0 Å². The third-order valence-electron chi connectivity index (χ3n) is 2.71. The van der Waals surface area contributed by atoms with Crippen molar-refractivity contribution in [2.75, 3.05) is 11.5 Å². The van der Waals surface area contributed by atoms with Crippen molar-refractivity contribution < 1.29 is 30.7 Å². The highest BCUT2D eigenvalue weighted by Crippen LogP contribution is 2.34. The van der Waals surface area contributed by atoms with Gasteiger partial charge in [-0.05, 0) is 36.4 Å². The Bertz CT molecular complexity index is 895. The molecular formula is C12H18N4O7S2. The van der Waals surface area contributed by atoms with Crippen LogP contribution in [0.3, 0.4) is 0 Å². The van der Waals surface area contributed by atoms with Crippen LogP contribution in [0.15, 0.2) is 46.2 Å². The van der Waals surface area contributed by atoms with Crippen molar-refractivity contribution >= 4 is 31.6 Å². The Labute approximate surface area is 144 Å². The Morgan fingerprint density at radius 3 is 1.32 bits per heavy atom. The summed E-state index contributed by atoms with van der Waals surface area (Å²) in [6.45, 7) is 0. The molecule has 0 atom stereocenters. The van der Waals surface area contributed by atoms with Gasteiger partial charge in [0.05, 0.1) is 0 Å². The summed E-state index contributed by atoms with van der Waals surface area (Å²) in [5.74, 6) is -0.757. The number of benzene rings is 2. The van der Waals surface area contributed by atoms with Gasteiger partial charge in [0.15, 0.2) is 0 Å². The van der Waals surface area contributed by atoms with Crippen LogP contribution in [0.5, 0.6) is 11.5 Å². The Hall–Kier alpha value is -2.42. The van der Waals surface area contributed by atoms with Crippen LogP contribution in [0.1, 0.15) is 0 Å². The quantitative estimate of drug-likeness (QED) is 0.320. The van der Waals surface area contributed by atoms with Gasteiger partial charge in [0.1, 0.15) is 21.3 Å². The van der Waals surface area contributed by atoms with Crippen LogP contribution in [0.4, 0.5) is 11.4 Å². The Kier molecular flexibility index (Phi) is 6.90. The fraction of sp³-hybridized carbons (Fsp3) is 0. The fourth-order valence-corrected chi connectivity index (χ4v) is 3.04. The van der Waals surface area contributed by atoms with E-state index in [-0.39, 0.29) is 35.2 Å². The summed E-state index contributed by atoms with van der Waals surface area (Å²) in [7, 11) is -9.35. The molecule has 0 spiro atoms. The summed E-state index contributed by atoms with van der Waals surface area (Å²) in [6, 6.07) is 6.71. The van der Waals surface area contributed by atoms with Crippen molar-refractivity contribution in [2.24, 2.45) is 0 Å². The zero-order chi connectivity index (χ0) is 17.4. The molecule has 0 bridgehead atoms. The highest BCUT2D eigenvalue weighted by Gasteiger charge is 2.22. The van der Waals surface area contributed by atoms with Gasteiger partial charge in [-0.2, -0.15) is 16.8 Å². The average Bonchev–Trinajstić information content (AvgIpc) is 2.40. The minimum Gasteiger partial charge on any atom is -0.454 e. The van der Waals surface area contributed by atoms with E-state index in [1.807, 2.05) is 0 Å². The van der Waals surface area contributed by atoms with E-state index >= 15 is 0 Å². The molecule has 0 aliphatic carbocycles. The van der Waals surface area contributed by atoms with E-state index in [9.17, 15) is 25.9 Å². The first-order valence-electron chi connectivity index (χ1n) is 5.90. The van der Waals surface area contributed by atoms with Gasteiger partial charge in [-0.3, -0.25) is 9.11 Å². The van der Waals surface area contributed by atoms with Gasteiger partial charge in [0.2, 0.25) is 0 Å². The van der Waals surface area contributed by atoms with Crippen LogP contribution in [0, 0.1) is 0 Å². The SMILES string of the molecule is N.N.Nc1ccc(Oc2ccc(N)cc2S(=O)(=O)O)c(S(=O)(=O)O)c1. The highest BCUT2D eigenvalue weighted by atomic mass is 32.2. The first-order chi connectivity index (χ1) is 10.5. The van der Waals surface area contributed by atoms with Crippen molar-refractivity contribution in [1.29, 1.82) is 0 Å². The lowest BCUT2D eigenvalue weighted by atomic mass is 10.3. The molecule has 0 radical (unpaired) electrons. The summed E-state index contributed by atoms with van der Waals surface area (Å²) < 4.78 is 69.1. The monoisotopic (exact) mass is 394 g/mol. The summed E-state index contributed by atoms with van der Waals surface area (Å²) >= 11 is 0. The second kappa shape index (κ2) is 7.64. The predicted molar refractivity (Wildman–Crippen MR) is 91.5 cm³/mol. The molecule has 0 aliphatic rings. The number of hydrogen-bond donors (Lipinski definition) is 6. The minimum absolute atomic E-state index is 0. The van der Waals surface area contributed by atoms with E-state index in [0.717, 1.165) is 24.3 Å². The molecule has 0 saturated carbocycles. The maximum absolute atomic E-state index is 11.4. The van der Waals surface area contributed by atoms with Crippen LogP contribution in [0.25, 0.3) is 0 Å². The molecule has 11 nitrogen and oxygen atoms in total. The zero-order valence-electron chi connectivity index (χ0n) is 12.8. The molecule has 2 aromatic rings. The molecule has 2 rings (SSSR count). The van der Waals surface area contributed by atoms with Crippen molar-refractivity contribution in [3.63, 3.8) is 0 Å². The first kappa shape index (κ1) is 22.6. The van der Waals surface area contributed by atoms with Gasteiger partial charge < -0.3 is 28.5 Å². The van der Waals surface area contributed by atoms with E-state index in [2.05, 4.69) is 0 Å². The number of anilines is 2. The van der Waals surface area contributed by atoms with Gasteiger partial charge in [-0.1, -0.05) is 0 Å². The van der Waals surface area contributed by atoms with Crippen LogP contribution in [0.2, 0.25) is 0 Å². The Balaban J connectivity index is 0.00000288. The molecule has 0 heterocycles. The number of nitrogens with two attached hydrogens (primary N) is 2. The summed E-state index contributed by atoms with van der Waals surface area (Å²) in [4.78, 5) is -1.31. The van der Waals surface area contributed by atoms with Gasteiger partial charge >= 0.3 is 0 Å². The lowest BCUT2D eigenvalue weighted by Crippen LogP contribution is -2.05. The molecule has 2 aromatic carbocycles. The van der Waals surface area contributed by atoms with Crippen molar-refractivity contribution in [2.45, 2.75) is 9.79 Å². The molecule has 0 unspecified atom stereocenters. The van der Waals surface area contributed by atoms with Crippen molar-refractivity contribution in [1.82, 2.24) is 12.3 Å². The third kappa shape index (κ3) is 5.28. The fourth-order valence-electron chi connectivity index (χ4n) is 1.74. The van der Waals surface area contributed by atoms with Gasteiger partial charge in [-0.25, -0.2) is 0 Å². The molecule has 0 fully saturated rings. The summed E-state index contributed by atoms with van der Waals surface area (Å²) in [6.07, 6.45) is 0. The molecule has 140 valence electrons. The van der Waals surface area contributed by atoms with Gasteiger partial charge in [0.25, 0.3) is 20.2 Å². The molecule has 12 N–H and O–H groups in total. The molecule has 0 aliphatic heterocycles. The lowest BCUT2D eigenvalue weighted by Gasteiger charge is -2.12. The van der Waals surface area contributed by atoms with Crippen LogP contribution in [-0.4, -0.2) is 25.9 Å². The lowest BCUT2D eigenvalue weighted by molar-refractivity contribution is 0.434.